The summed E-state index contributed by atoms with van der Waals surface area (Å²) in [6.07, 6.45) is 0. The second kappa shape index (κ2) is 5.86. The lowest BCUT2D eigenvalue weighted by atomic mass is 10.1. The number of hydrogen-bond donors (Lipinski definition) is 1. The summed E-state index contributed by atoms with van der Waals surface area (Å²) in [6.45, 7) is 0.326. The maximum Gasteiger partial charge on any atom is 0.231 e. The Morgan fingerprint density at radius 3 is 3.00 bits per heavy atom. The van der Waals surface area contributed by atoms with Gasteiger partial charge in [-0.25, -0.2) is 0 Å². The molecular weight excluding hydrogens is 278 g/mol. The molecule has 5 heteroatoms. The zero-order valence-corrected chi connectivity index (χ0v) is 12.2. The zero-order valence-electron chi connectivity index (χ0n) is 10.6. The van der Waals surface area contributed by atoms with Crippen molar-refractivity contribution in [3.8, 4) is 11.5 Å². The summed E-state index contributed by atoms with van der Waals surface area (Å²) in [5.41, 5.74) is 1.23. The van der Waals surface area contributed by atoms with E-state index in [-0.39, 0.29) is 0 Å². The summed E-state index contributed by atoms with van der Waals surface area (Å²) < 4.78 is 12.1. The van der Waals surface area contributed by atoms with E-state index in [1.807, 2.05) is 24.9 Å². The Morgan fingerprint density at radius 1 is 1.32 bits per heavy atom. The Kier molecular flexibility index (Phi) is 3.96. The number of nitrogens with one attached hydrogen (secondary N) is 1. The van der Waals surface area contributed by atoms with Crippen LogP contribution in [0, 0.1) is 0 Å². The van der Waals surface area contributed by atoms with Crippen LogP contribution in [0.3, 0.4) is 0 Å². The van der Waals surface area contributed by atoms with Gasteiger partial charge in [-0.3, -0.25) is 0 Å². The molecule has 0 spiro atoms. The molecule has 3 rings (SSSR count). The van der Waals surface area contributed by atoms with Gasteiger partial charge in [0.05, 0.1) is 4.21 Å². The van der Waals surface area contributed by atoms with E-state index in [0.29, 0.717) is 12.8 Å². The SMILES string of the molecule is CNC(CSc1cccs1)c1ccc2c(c1)OCO2. The van der Waals surface area contributed by atoms with E-state index in [1.165, 1.54) is 9.77 Å². The second-order valence-electron chi connectivity index (χ2n) is 4.20. The maximum atomic E-state index is 5.43. The van der Waals surface area contributed by atoms with Gasteiger partial charge in [-0.1, -0.05) is 12.1 Å². The van der Waals surface area contributed by atoms with E-state index in [1.54, 1.807) is 11.3 Å². The number of benzene rings is 1. The number of thioether (sulfide) groups is 1. The van der Waals surface area contributed by atoms with Crippen LogP contribution in [-0.2, 0) is 0 Å². The third-order valence-electron chi connectivity index (χ3n) is 3.03. The van der Waals surface area contributed by atoms with Crippen LogP contribution >= 0.6 is 23.1 Å². The van der Waals surface area contributed by atoms with Crippen LogP contribution < -0.4 is 14.8 Å². The van der Waals surface area contributed by atoms with Crippen molar-refractivity contribution in [3.63, 3.8) is 0 Å². The fourth-order valence-corrected chi connectivity index (χ4v) is 3.94. The third kappa shape index (κ3) is 2.88. The molecule has 1 N–H and O–H groups in total. The molecule has 1 aromatic carbocycles. The largest absolute Gasteiger partial charge is 0.454 e. The van der Waals surface area contributed by atoms with Gasteiger partial charge < -0.3 is 14.8 Å². The van der Waals surface area contributed by atoms with Gasteiger partial charge in [0.25, 0.3) is 0 Å². The fraction of sp³-hybridized carbons (Fsp3) is 0.286. The quantitative estimate of drug-likeness (QED) is 0.854. The molecule has 19 heavy (non-hydrogen) atoms. The normalized spacial score (nSPS) is 14.6. The summed E-state index contributed by atoms with van der Waals surface area (Å²) in [5.74, 6) is 2.68. The molecule has 1 unspecified atom stereocenters. The van der Waals surface area contributed by atoms with Crippen molar-refractivity contribution in [2.45, 2.75) is 10.3 Å². The van der Waals surface area contributed by atoms with E-state index in [2.05, 4.69) is 35.0 Å². The van der Waals surface area contributed by atoms with Gasteiger partial charge >= 0.3 is 0 Å². The van der Waals surface area contributed by atoms with E-state index < -0.39 is 0 Å². The van der Waals surface area contributed by atoms with Crippen LogP contribution in [-0.4, -0.2) is 19.6 Å². The van der Waals surface area contributed by atoms with Gasteiger partial charge in [0, 0.05) is 11.8 Å². The lowest BCUT2D eigenvalue weighted by Gasteiger charge is -2.16. The van der Waals surface area contributed by atoms with Crippen molar-refractivity contribution in [2.24, 2.45) is 0 Å². The molecule has 1 aliphatic heterocycles. The molecular formula is C14H15NO2S2. The molecule has 1 aliphatic rings. The predicted octanol–water partition coefficient (Wildman–Crippen LogP) is 3.53. The first-order valence-electron chi connectivity index (χ1n) is 6.10. The highest BCUT2D eigenvalue weighted by Crippen LogP contribution is 2.35. The van der Waals surface area contributed by atoms with Crippen molar-refractivity contribution in [3.05, 3.63) is 41.3 Å². The maximum absolute atomic E-state index is 5.43. The minimum Gasteiger partial charge on any atom is -0.454 e. The molecule has 100 valence electrons. The van der Waals surface area contributed by atoms with Gasteiger partial charge in [0.2, 0.25) is 6.79 Å². The first-order chi connectivity index (χ1) is 9.36. The molecule has 0 saturated heterocycles. The average Bonchev–Trinajstić information content (AvgIpc) is 3.09. The molecule has 2 heterocycles. The fourth-order valence-electron chi connectivity index (χ4n) is 1.99. The molecule has 0 fully saturated rings. The van der Waals surface area contributed by atoms with Crippen molar-refractivity contribution < 1.29 is 9.47 Å². The Balaban J connectivity index is 1.71. The molecule has 2 aromatic rings. The zero-order chi connectivity index (χ0) is 13.1. The first-order valence-corrected chi connectivity index (χ1v) is 7.96. The summed E-state index contributed by atoms with van der Waals surface area (Å²) in [6, 6.07) is 10.7. The van der Waals surface area contributed by atoms with Gasteiger partial charge in [-0.15, -0.1) is 23.1 Å². The Hall–Kier alpha value is -1.17. The monoisotopic (exact) mass is 293 g/mol. The topological polar surface area (TPSA) is 30.5 Å². The van der Waals surface area contributed by atoms with Gasteiger partial charge in [0.1, 0.15) is 0 Å². The summed E-state index contributed by atoms with van der Waals surface area (Å²) in [7, 11) is 1.99. The molecule has 0 amide bonds. The number of thiophene rings is 1. The second-order valence-corrected chi connectivity index (χ2v) is 6.46. The third-order valence-corrected chi connectivity index (χ3v) is 5.26. The Bertz CT molecular complexity index is 542. The minimum atomic E-state index is 0.307. The summed E-state index contributed by atoms with van der Waals surface area (Å²) in [5, 5.41) is 5.47. The van der Waals surface area contributed by atoms with Crippen LogP contribution in [0.4, 0.5) is 0 Å². The smallest absolute Gasteiger partial charge is 0.231 e. The van der Waals surface area contributed by atoms with Crippen LogP contribution in [0.1, 0.15) is 11.6 Å². The molecule has 3 nitrogen and oxygen atoms in total. The average molecular weight is 293 g/mol. The highest BCUT2D eigenvalue weighted by Gasteiger charge is 2.17. The molecule has 0 radical (unpaired) electrons. The van der Waals surface area contributed by atoms with Crippen molar-refractivity contribution >= 4 is 23.1 Å². The van der Waals surface area contributed by atoms with Crippen molar-refractivity contribution in [2.75, 3.05) is 19.6 Å². The lowest BCUT2D eigenvalue weighted by Crippen LogP contribution is -2.18. The molecule has 0 bridgehead atoms. The van der Waals surface area contributed by atoms with E-state index in [9.17, 15) is 0 Å². The molecule has 1 atom stereocenters. The van der Waals surface area contributed by atoms with Crippen LogP contribution in [0.25, 0.3) is 0 Å². The number of rotatable bonds is 5. The van der Waals surface area contributed by atoms with Crippen LogP contribution in [0.5, 0.6) is 11.5 Å². The minimum absolute atomic E-state index is 0.307. The standard InChI is InChI=1S/C14H15NO2S2/c1-15-11(8-19-14-3-2-6-18-14)10-4-5-12-13(7-10)17-9-16-12/h2-7,11,15H,8-9H2,1H3. The van der Waals surface area contributed by atoms with Crippen molar-refractivity contribution in [1.29, 1.82) is 0 Å². The first kappa shape index (κ1) is 12.8. The highest BCUT2D eigenvalue weighted by molar-refractivity contribution is 8.01. The summed E-state index contributed by atoms with van der Waals surface area (Å²) >= 11 is 3.65. The number of hydrogen-bond acceptors (Lipinski definition) is 5. The number of ether oxygens (including phenoxy) is 2. The molecule has 0 aliphatic carbocycles. The number of fused-ring (bicyclic) bond motifs is 1. The van der Waals surface area contributed by atoms with Gasteiger partial charge in [-0.2, -0.15) is 0 Å². The van der Waals surface area contributed by atoms with E-state index in [0.717, 1.165) is 17.3 Å². The molecule has 0 saturated carbocycles. The lowest BCUT2D eigenvalue weighted by molar-refractivity contribution is 0.174. The Morgan fingerprint density at radius 2 is 2.21 bits per heavy atom. The van der Waals surface area contributed by atoms with Crippen LogP contribution in [0.2, 0.25) is 0 Å². The summed E-state index contributed by atoms with van der Waals surface area (Å²) in [4.78, 5) is 0. The van der Waals surface area contributed by atoms with Crippen LogP contribution in [0.15, 0.2) is 39.9 Å². The van der Waals surface area contributed by atoms with Gasteiger partial charge in [0.15, 0.2) is 11.5 Å². The van der Waals surface area contributed by atoms with E-state index in [4.69, 9.17) is 9.47 Å². The van der Waals surface area contributed by atoms with E-state index >= 15 is 0 Å². The molecule has 1 aromatic heterocycles. The highest BCUT2D eigenvalue weighted by atomic mass is 32.2. The van der Waals surface area contributed by atoms with Crippen molar-refractivity contribution in [1.82, 2.24) is 5.32 Å². The predicted molar refractivity (Wildman–Crippen MR) is 79.4 cm³/mol. The van der Waals surface area contributed by atoms with Gasteiger partial charge in [-0.05, 0) is 36.2 Å². The Labute approximate surface area is 120 Å².